The highest BCUT2D eigenvalue weighted by molar-refractivity contribution is 6.17. The molecule has 152 valence electrons. The summed E-state index contributed by atoms with van der Waals surface area (Å²) in [6.45, 7) is 4.63. The van der Waals surface area contributed by atoms with E-state index < -0.39 is 0 Å². The van der Waals surface area contributed by atoms with Gasteiger partial charge in [-0.1, -0.05) is 30.6 Å². The first-order chi connectivity index (χ1) is 13.7. The van der Waals surface area contributed by atoms with Crippen molar-refractivity contribution in [3.05, 3.63) is 35.2 Å². The molecule has 6 nitrogen and oxygen atoms in total. The van der Waals surface area contributed by atoms with E-state index in [1.807, 2.05) is 9.69 Å². The molecule has 1 fully saturated rings. The number of allylic oxidation sites excluding steroid dienone is 2. The summed E-state index contributed by atoms with van der Waals surface area (Å²) in [5.41, 5.74) is 5.66. The number of hydrazine groups is 1. The van der Waals surface area contributed by atoms with E-state index in [0.717, 1.165) is 57.4 Å². The van der Waals surface area contributed by atoms with Crippen LogP contribution in [0.5, 0.6) is 5.75 Å². The maximum Gasteiger partial charge on any atom is 0.289 e. The third-order valence-corrected chi connectivity index (χ3v) is 5.97. The lowest BCUT2D eigenvalue weighted by Crippen LogP contribution is -2.45. The minimum Gasteiger partial charge on any atom is -0.481 e. The van der Waals surface area contributed by atoms with Crippen molar-refractivity contribution >= 4 is 17.5 Å². The summed E-state index contributed by atoms with van der Waals surface area (Å²) in [5, 5.41) is 6.67. The number of alkyl halides is 1. The Balaban J connectivity index is 1.57. The van der Waals surface area contributed by atoms with Crippen LogP contribution in [0, 0.1) is 0 Å². The Kier molecular flexibility index (Phi) is 6.07. The zero-order chi connectivity index (χ0) is 19.5. The van der Waals surface area contributed by atoms with Gasteiger partial charge in [0.2, 0.25) is 0 Å². The number of nitrogens with one attached hydrogen (secondary N) is 1. The zero-order valence-electron chi connectivity index (χ0n) is 16.5. The van der Waals surface area contributed by atoms with Crippen molar-refractivity contribution < 1.29 is 9.53 Å². The van der Waals surface area contributed by atoms with Crippen LogP contribution in [0.25, 0.3) is 0 Å². The summed E-state index contributed by atoms with van der Waals surface area (Å²) < 4.78 is 8.20. The van der Waals surface area contributed by atoms with Crippen LogP contribution in [0.1, 0.15) is 67.5 Å². The number of unbranched alkanes of at least 4 members (excludes halogenated alkanes) is 2. The smallest absolute Gasteiger partial charge is 0.289 e. The van der Waals surface area contributed by atoms with Gasteiger partial charge in [0.15, 0.2) is 11.4 Å². The van der Waals surface area contributed by atoms with Crippen LogP contribution in [-0.4, -0.2) is 45.8 Å². The molecule has 3 aliphatic rings. The first-order valence-electron chi connectivity index (χ1n) is 10.4. The van der Waals surface area contributed by atoms with Gasteiger partial charge in [-0.05, 0) is 38.7 Å². The van der Waals surface area contributed by atoms with Crippen molar-refractivity contribution in [2.45, 2.75) is 64.0 Å². The standard InChI is InChI=1S/C21H29ClN4O2/c1-15-8-9-16-17(14-15)28-20-18(21(27)24-25-11-5-3-6-12-25)23-26(19(16)20)13-7-2-4-10-22/h8-9,14,16-17H,2-7,10-13H2,1H3,(H,24,27). The molecule has 0 bridgehead atoms. The summed E-state index contributed by atoms with van der Waals surface area (Å²) in [4.78, 5) is 13.0. The maximum atomic E-state index is 13.0. The third kappa shape index (κ3) is 3.98. The van der Waals surface area contributed by atoms with Crippen LogP contribution < -0.4 is 10.2 Å². The van der Waals surface area contributed by atoms with E-state index in [2.05, 4.69) is 35.7 Å². The highest BCUT2D eigenvalue weighted by Gasteiger charge is 2.40. The third-order valence-electron chi connectivity index (χ3n) is 5.70. The van der Waals surface area contributed by atoms with E-state index in [9.17, 15) is 4.79 Å². The molecule has 0 radical (unpaired) electrons. The minimum atomic E-state index is -0.166. The van der Waals surface area contributed by atoms with Crippen LogP contribution in [-0.2, 0) is 6.54 Å². The van der Waals surface area contributed by atoms with Gasteiger partial charge in [0.05, 0.1) is 11.6 Å². The average Bonchev–Trinajstić information content (AvgIpc) is 3.23. The van der Waals surface area contributed by atoms with E-state index >= 15 is 0 Å². The molecule has 0 saturated carbocycles. The van der Waals surface area contributed by atoms with Crippen molar-refractivity contribution in [3.8, 4) is 5.75 Å². The molecule has 1 amide bonds. The molecule has 0 aromatic carbocycles. The number of piperidine rings is 1. The Morgan fingerprint density at radius 2 is 2.11 bits per heavy atom. The second-order valence-electron chi connectivity index (χ2n) is 7.90. The van der Waals surface area contributed by atoms with Gasteiger partial charge in [-0.15, -0.1) is 11.6 Å². The number of aromatic nitrogens is 2. The first-order valence-corrected chi connectivity index (χ1v) is 11.0. The molecule has 2 atom stereocenters. The molecule has 1 saturated heterocycles. The fourth-order valence-corrected chi connectivity index (χ4v) is 4.41. The number of ether oxygens (including phenoxy) is 1. The number of amides is 1. The van der Waals surface area contributed by atoms with Gasteiger partial charge in [0, 0.05) is 25.5 Å². The number of hydrogen-bond donors (Lipinski definition) is 1. The van der Waals surface area contributed by atoms with Gasteiger partial charge in [0.25, 0.3) is 5.91 Å². The Bertz CT molecular complexity index is 780. The van der Waals surface area contributed by atoms with E-state index in [-0.39, 0.29) is 17.9 Å². The molecule has 1 aromatic rings. The molecule has 0 spiro atoms. The lowest BCUT2D eigenvalue weighted by molar-refractivity contribution is 0.0739. The van der Waals surface area contributed by atoms with Crippen LogP contribution in [0.4, 0.5) is 0 Å². The van der Waals surface area contributed by atoms with Crippen molar-refractivity contribution in [3.63, 3.8) is 0 Å². The van der Waals surface area contributed by atoms with E-state index in [0.29, 0.717) is 17.3 Å². The molecule has 1 aromatic heterocycles. The molecule has 4 rings (SSSR count). The number of carbonyl (C=O) groups excluding carboxylic acids is 1. The van der Waals surface area contributed by atoms with E-state index in [4.69, 9.17) is 16.3 Å². The summed E-state index contributed by atoms with van der Waals surface area (Å²) in [6, 6.07) is 0. The highest BCUT2D eigenvalue weighted by Crippen LogP contribution is 2.44. The van der Waals surface area contributed by atoms with Gasteiger partial charge < -0.3 is 4.74 Å². The molecule has 2 aliphatic heterocycles. The Labute approximate surface area is 171 Å². The first kappa shape index (κ1) is 19.5. The monoisotopic (exact) mass is 404 g/mol. The number of fused-ring (bicyclic) bond motifs is 3. The largest absolute Gasteiger partial charge is 0.481 e. The zero-order valence-corrected chi connectivity index (χ0v) is 17.2. The second-order valence-corrected chi connectivity index (χ2v) is 8.28. The summed E-state index contributed by atoms with van der Waals surface area (Å²) in [6.07, 6.45) is 12.9. The number of halogens is 1. The molecular formula is C21H29ClN4O2. The van der Waals surface area contributed by atoms with Gasteiger partial charge in [-0.2, -0.15) is 5.10 Å². The van der Waals surface area contributed by atoms with Gasteiger partial charge in [0.1, 0.15) is 6.10 Å². The Morgan fingerprint density at radius 3 is 2.89 bits per heavy atom. The van der Waals surface area contributed by atoms with Crippen molar-refractivity contribution in [2.75, 3.05) is 19.0 Å². The van der Waals surface area contributed by atoms with Crippen molar-refractivity contribution in [1.29, 1.82) is 0 Å². The van der Waals surface area contributed by atoms with Crippen molar-refractivity contribution in [2.24, 2.45) is 0 Å². The number of hydrogen-bond acceptors (Lipinski definition) is 4. The summed E-state index contributed by atoms with van der Waals surface area (Å²) >= 11 is 5.80. The molecule has 7 heteroatoms. The molecule has 3 heterocycles. The average molecular weight is 405 g/mol. The molecule has 2 unspecified atom stereocenters. The number of rotatable bonds is 7. The van der Waals surface area contributed by atoms with Crippen LogP contribution in [0.15, 0.2) is 23.8 Å². The van der Waals surface area contributed by atoms with E-state index in [1.54, 1.807) is 0 Å². The molecular weight excluding hydrogens is 376 g/mol. The Hall–Kier alpha value is -1.79. The number of carbonyl (C=O) groups is 1. The number of aryl methyl sites for hydroxylation is 1. The predicted octanol–water partition coefficient (Wildman–Crippen LogP) is 3.78. The quantitative estimate of drug-likeness (QED) is 0.555. The second kappa shape index (κ2) is 8.70. The van der Waals surface area contributed by atoms with Crippen LogP contribution in [0.3, 0.4) is 0 Å². The number of nitrogens with zero attached hydrogens (tertiary/aromatic N) is 3. The fourth-order valence-electron chi connectivity index (χ4n) is 4.23. The summed E-state index contributed by atoms with van der Waals surface area (Å²) in [7, 11) is 0. The highest BCUT2D eigenvalue weighted by atomic mass is 35.5. The van der Waals surface area contributed by atoms with Crippen molar-refractivity contribution in [1.82, 2.24) is 20.2 Å². The fraction of sp³-hybridized carbons (Fsp3) is 0.619. The maximum absolute atomic E-state index is 13.0. The van der Waals surface area contributed by atoms with Gasteiger partial charge in [-0.3, -0.25) is 14.9 Å². The topological polar surface area (TPSA) is 59.4 Å². The lowest BCUT2D eigenvalue weighted by Gasteiger charge is -2.26. The van der Waals surface area contributed by atoms with Crippen LogP contribution >= 0.6 is 11.6 Å². The van der Waals surface area contributed by atoms with E-state index in [1.165, 1.54) is 12.0 Å². The minimum absolute atomic E-state index is 0.0476. The van der Waals surface area contributed by atoms with Gasteiger partial charge in [-0.25, -0.2) is 5.01 Å². The van der Waals surface area contributed by atoms with Gasteiger partial charge >= 0.3 is 0 Å². The lowest BCUT2D eigenvalue weighted by atomic mass is 9.93. The Morgan fingerprint density at radius 1 is 1.29 bits per heavy atom. The SMILES string of the molecule is CC1=CC2Oc3c(C(=O)NN4CCCCC4)nn(CCCCCCl)c3C2C=C1. The van der Waals surface area contributed by atoms with Crippen LogP contribution in [0.2, 0.25) is 0 Å². The molecule has 1 N–H and O–H groups in total. The predicted molar refractivity (Wildman–Crippen MR) is 110 cm³/mol. The molecule has 28 heavy (non-hydrogen) atoms. The summed E-state index contributed by atoms with van der Waals surface area (Å²) in [5.74, 6) is 1.29. The normalized spacial score (nSPS) is 23.7. The molecule has 1 aliphatic carbocycles.